The Labute approximate surface area is 263 Å². The van der Waals surface area contributed by atoms with Gasteiger partial charge >= 0.3 is 0 Å². The van der Waals surface area contributed by atoms with Crippen molar-refractivity contribution in [3.63, 3.8) is 0 Å². The summed E-state index contributed by atoms with van der Waals surface area (Å²) in [5.41, 5.74) is 10.5. The Morgan fingerprint density at radius 2 is 0.891 bits per heavy atom. The smallest absolute Gasteiger partial charge is 0.295 e. The normalized spacial score (nSPS) is 15.0. The van der Waals surface area contributed by atoms with Crippen LogP contribution in [0.2, 0.25) is 0 Å². The minimum atomic E-state index is -0.392. The van der Waals surface area contributed by atoms with Gasteiger partial charge in [0.2, 0.25) is 0 Å². The number of aliphatic imine (C=N–C) groups is 2. The Bertz CT molecular complexity index is 2260. The van der Waals surface area contributed by atoms with E-state index in [1.807, 2.05) is 65.8 Å². The first-order chi connectivity index (χ1) is 21.9. The number of aromatic amines is 2. The quantitative estimate of drug-likeness (QED) is 0.262. The van der Waals surface area contributed by atoms with Crippen LogP contribution in [-0.2, 0) is 0 Å². The van der Waals surface area contributed by atoms with Crippen molar-refractivity contribution in [3.05, 3.63) is 147 Å². The molecule has 7 rings (SSSR count). The van der Waals surface area contributed by atoms with Crippen LogP contribution < -0.4 is 21.4 Å². The van der Waals surface area contributed by atoms with Crippen LogP contribution in [0.15, 0.2) is 70.7 Å². The lowest BCUT2D eigenvalue weighted by Crippen LogP contribution is -2.22. The van der Waals surface area contributed by atoms with E-state index >= 15 is 0 Å². The van der Waals surface area contributed by atoms with Crippen LogP contribution in [0.5, 0.6) is 0 Å². The summed E-state index contributed by atoms with van der Waals surface area (Å²) in [5.74, 6) is 0. The molecular weight excluding hydrogens is 580 g/mol. The Morgan fingerprint density at radius 3 is 1.22 bits per heavy atom. The first-order valence-corrected chi connectivity index (χ1v) is 14.9. The number of aromatic nitrogens is 2. The molecule has 0 saturated heterocycles. The first kappa shape index (κ1) is 28.8. The van der Waals surface area contributed by atoms with Crippen molar-refractivity contribution in [1.29, 1.82) is 0 Å². The zero-order chi connectivity index (χ0) is 32.6. The summed E-state index contributed by atoms with van der Waals surface area (Å²) in [5, 5.41) is 26.7. The summed E-state index contributed by atoms with van der Waals surface area (Å²) in [6, 6.07) is 11.2. The number of H-pyrrole nitrogens is 2. The Hall–Kier alpha value is -5.90. The summed E-state index contributed by atoms with van der Waals surface area (Å²) >= 11 is 0. The summed E-state index contributed by atoms with van der Waals surface area (Å²) < 4.78 is 0. The highest BCUT2D eigenvalue weighted by molar-refractivity contribution is 6.33. The maximum Gasteiger partial charge on any atom is 0.295 e. The molecule has 4 aromatic rings. The van der Waals surface area contributed by atoms with Crippen LogP contribution in [0, 0.1) is 61.8 Å². The minimum absolute atomic E-state index is 0.0972. The standard InChI is InChI=1S/C36H30N6O4/c1-17-11-19(3)31(20(4)12-17)33-25-9-7-23(37-25)28-16-30(42(45)46)36(40-28)34(32-21(5)13-18(2)14-22(32)6)26-10-8-24(38-26)27-15-29(41(43)44)35(33)39-27/h7-16,39-40H,1-6H3. The molecule has 228 valence electrons. The average molecular weight is 611 g/mol. The van der Waals surface area contributed by atoms with Crippen LogP contribution in [-0.4, -0.2) is 31.2 Å². The van der Waals surface area contributed by atoms with E-state index in [9.17, 15) is 20.2 Å². The molecule has 10 heteroatoms. The highest BCUT2D eigenvalue weighted by Gasteiger charge is 2.27. The van der Waals surface area contributed by atoms with Gasteiger partial charge in [-0.2, -0.15) is 0 Å². The van der Waals surface area contributed by atoms with E-state index in [-0.39, 0.29) is 11.4 Å². The Balaban J connectivity index is 1.71. The lowest BCUT2D eigenvalue weighted by molar-refractivity contribution is -0.385. The fraction of sp³-hybridized carbons (Fsp3) is 0.167. The molecule has 0 spiro atoms. The molecule has 3 aliphatic rings. The number of rotatable bonds is 4. The van der Waals surface area contributed by atoms with Crippen molar-refractivity contribution in [2.24, 2.45) is 9.98 Å². The lowest BCUT2D eigenvalue weighted by Gasteiger charge is -2.14. The number of nitrogens with zero attached hydrogens (tertiary/aromatic N) is 4. The highest BCUT2D eigenvalue weighted by atomic mass is 16.6. The van der Waals surface area contributed by atoms with Gasteiger partial charge in [0.1, 0.15) is 10.7 Å². The number of aryl methyl sites for hydroxylation is 6. The summed E-state index contributed by atoms with van der Waals surface area (Å²) in [6.45, 7) is 11.9. The second kappa shape index (κ2) is 10.3. The molecule has 46 heavy (non-hydrogen) atoms. The largest absolute Gasteiger partial charge is 0.347 e. The lowest BCUT2D eigenvalue weighted by atomic mass is 9.90. The molecule has 0 radical (unpaired) electrons. The van der Waals surface area contributed by atoms with Crippen LogP contribution in [0.25, 0.3) is 22.5 Å². The third-order valence-corrected chi connectivity index (χ3v) is 8.69. The van der Waals surface area contributed by atoms with Gasteiger partial charge < -0.3 is 9.97 Å². The van der Waals surface area contributed by atoms with Gasteiger partial charge in [-0.05, 0) is 99.2 Å². The molecule has 0 amide bonds. The van der Waals surface area contributed by atoms with Gasteiger partial charge in [0.05, 0.1) is 43.4 Å². The van der Waals surface area contributed by atoms with Crippen LogP contribution >= 0.6 is 0 Å². The van der Waals surface area contributed by atoms with Gasteiger partial charge in [-0.25, -0.2) is 9.98 Å². The zero-order valence-electron chi connectivity index (χ0n) is 26.2. The predicted molar refractivity (Wildman–Crippen MR) is 180 cm³/mol. The van der Waals surface area contributed by atoms with E-state index in [1.165, 1.54) is 12.1 Å². The molecule has 0 atom stereocenters. The van der Waals surface area contributed by atoms with Crippen LogP contribution in [0.1, 0.15) is 44.5 Å². The third kappa shape index (κ3) is 4.49. The van der Waals surface area contributed by atoms with E-state index in [0.717, 1.165) is 44.5 Å². The number of fused-ring (bicyclic) bond motifs is 6. The van der Waals surface area contributed by atoms with Gasteiger partial charge in [0, 0.05) is 23.3 Å². The van der Waals surface area contributed by atoms with Crippen LogP contribution in [0.4, 0.5) is 11.4 Å². The average Bonchev–Trinajstić information content (AvgIpc) is 3.77. The molecule has 0 saturated carbocycles. The van der Waals surface area contributed by atoms with E-state index in [4.69, 9.17) is 9.98 Å². The van der Waals surface area contributed by atoms with Gasteiger partial charge in [-0.3, -0.25) is 20.2 Å². The molecule has 0 aliphatic carbocycles. The molecule has 8 bridgehead atoms. The van der Waals surface area contributed by atoms with Crippen molar-refractivity contribution in [1.82, 2.24) is 9.97 Å². The van der Waals surface area contributed by atoms with E-state index in [0.29, 0.717) is 55.4 Å². The van der Waals surface area contributed by atoms with E-state index < -0.39 is 9.85 Å². The minimum Gasteiger partial charge on any atom is -0.347 e. The second-order valence-electron chi connectivity index (χ2n) is 12.1. The molecule has 10 nitrogen and oxygen atoms in total. The molecule has 2 aromatic carbocycles. The first-order valence-electron chi connectivity index (χ1n) is 14.9. The fourth-order valence-electron chi connectivity index (χ4n) is 7.05. The molecule has 2 N–H and O–H groups in total. The highest BCUT2D eigenvalue weighted by Crippen LogP contribution is 2.30. The second-order valence-corrected chi connectivity index (χ2v) is 12.1. The molecule has 0 unspecified atom stereocenters. The third-order valence-electron chi connectivity index (χ3n) is 8.69. The summed E-state index contributed by atoms with van der Waals surface area (Å²) in [4.78, 5) is 40.9. The van der Waals surface area contributed by atoms with Gasteiger partial charge in [-0.15, -0.1) is 0 Å². The molecule has 2 aromatic heterocycles. The van der Waals surface area contributed by atoms with Crippen molar-refractivity contribution in [2.75, 3.05) is 0 Å². The van der Waals surface area contributed by atoms with Crippen molar-refractivity contribution >= 4 is 45.3 Å². The fourth-order valence-corrected chi connectivity index (χ4v) is 7.05. The van der Waals surface area contributed by atoms with Crippen molar-refractivity contribution in [2.45, 2.75) is 41.5 Å². The van der Waals surface area contributed by atoms with Gasteiger partial charge in [0.25, 0.3) is 11.4 Å². The maximum absolute atomic E-state index is 12.6. The van der Waals surface area contributed by atoms with Crippen molar-refractivity contribution < 1.29 is 9.85 Å². The summed E-state index contributed by atoms with van der Waals surface area (Å²) in [7, 11) is 0. The predicted octanol–water partition coefficient (Wildman–Crippen LogP) is 4.36. The van der Waals surface area contributed by atoms with Crippen molar-refractivity contribution in [3.8, 4) is 0 Å². The van der Waals surface area contributed by atoms with Crippen LogP contribution in [0.3, 0.4) is 0 Å². The van der Waals surface area contributed by atoms with Gasteiger partial charge in [-0.1, -0.05) is 35.4 Å². The summed E-state index contributed by atoms with van der Waals surface area (Å²) in [6.07, 6.45) is 7.17. The Morgan fingerprint density at radius 1 is 0.543 bits per heavy atom. The van der Waals surface area contributed by atoms with Gasteiger partial charge in [0.15, 0.2) is 0 Å². The number of nitro groups is 2. The number of hydrogen-bond acceptors (Lipinski definition) is 6. The van der Waals surface area contributed by atoms with E-state index in [1.54, 1.807) is 24.3 Å². The van der Waals surface area contributed by atoms with E-state index in [2.05, 4.69) is 9.97 Å². The zero-order valence-corrected chi connectivity index (χ0v) is 26.2. The monoisotopic (exact) mass is 610 g/mol. The molecular formula is C36H30N6O4. The Kier molecular flexibility index (Phi) is 6.48. The SMILES string of the molecule is Cc1cc(C)c(C2=c3[nH]c(cc3[N+](=O)[O-])=C3C=CC(=N3)C(c3c(C)cc(C)cc3C)=c3[nH]c(cc3[N+](=O)[O-])=C3C=CC2=N3)c(C)c1. The maximum atomic E-state index is 12.6. The number of allylic oxidation sites excluding steroid dienone is 2. The molecule has 0 fully saturated rings. The number of benzene rings is 2. The number of hydrogen-bond donors (Lipinski definition) is 2. The molecule has 5 heterocycles. The topological polar surface area (TPSA) is 143 Å². The number of nitrogens with one attached hydrogen (secondary N) is 2. The molecule has 3 aliphatic heterocycles.